The zero-order chi connectivity index (χ0) is 19.1. The predicted octanol–water partition coefficient (Wildman–Crippen LogP) is 4.16. The van der Waals surface area contributed by atoms with Gasteiger partial charge in [-0.3, -0.25) is 9.59 Å². The number of amides is 1. The van der Waals surface area contributed by atoms with Crippen molar-refractivity contribution in [3.05, 3.63) is 58.6 Å². The van der Waals surface area contributed by atoms with Gasteiger partial charge < -0.3 is 14.8 Å². The molecule has 0 aliphatic rings. The number of nitrogens with one attached hydrogen (secondary N) is 1. The Morgan fingerprint density at radius 1 is 1.19 bits per heavy atom. The largest absolute Gasteiger partial charge is 0.496 e. The number of ether oxygens (including phenoxy) is 2. The van der Waals surface area contributed by atoms with E-state index in [0.717, 1.165) is 16.9 Å². The molecule has 1 amide bonds. The van der Waals surface area contributed by atoms with Gasteiger partial charge in [0.05, 0.1) is 7.11 Å². The summed E-state index contributed by atoms with van der Waals surface area (Å²) in [6.45, 7) is 3.39. The summed E-state index contributed by atoms with van der Waals surface area (Å²) in [5.41, 5.74) is 2.38. The Bertz CT molecular complexity index is 791. The van der Waals surface area contributed by atoms with Crippen LogP contribution in [0.5, 0.6) is 5.75 Å². The smallest absolute Gasteiger partial charge is 0.306 e. The van der Waals surface area contributed by atoms with Crippen LogP contribution in [0.25, 0.3) is 0 Å². The van der Waals surface area contributed by atoms with E-state index in [0.29, 0.717) is 17.1 Å². The molecule has 26 heavy (non-hydrogen) atoms. The van der Waals surface area contributed by atoms with Crippen LogP contribution in [-0.2, 0) is 20.7 Å². The van der Waals surface area contributed by atoms with E-state index >= 15 is 0 Å². The first-order valence-electron chi connectivity index (χ1n) is 8.29. The molecule has 0 aliphatic heterocycles. The summed E-state index contributed by atoms with van der Waals surface area (Å²) >= 11 is 5.94. The summed E-state index contributed by atoms with van der Waals surface area (Å²) in [7, 11) is 1.58. The van der Waals surface area contributed by atoms with Gasteiger partial charge in [-0.15, -0.1) is 0 Å². The lowest BCUT2D eigenvalue weighted by atomic mass is 10.1. The Morgan fingerprint density at radius 2 is 1.92 bits per heavy atom. The zero-order valence-electron chi connectivity index (χ0n) is 15.0. The molecule has 0 spiro atoms. The maximum absolute atomic E-state index is 12.2. The van der Waals surface area contributed by atoms with Crippen molar-refractivity contribution in [2.45, 2.75) is 32.8 Å². The second-order valence-electron chi connectivity index (χ2n) is 5.89. The maximum atomic E-state index is 12.2. The highest BCUT2D eigenvalue weighted by molar-refractivity contribution is 6.31. The number of aryl methyl sites for hydroxylation is 2. The third kappa shape index (κ3) is 5.49. The molecule has 2 aromatic rings. The SMILES string of the molecule is COc1ccccc1CCC(=O)O[C@@H](C)C(=O)Nc1cc(Cl)ccc1C. The summed E-state index contributed by atoms with van der Waals surface area (Å²) < 4.78 is 10.5. The molecule has 0 radical (unpaired) electrons. The minimum atomic E-state index is -0.904. The molecule has 0 saturated carbocycles. The normalized spacial score (nSPS) is 11.5. The fourth-order valence-corrected chi connectivity index (χ4v) is 2.59. The number of esters is 1. The van der Waals surface area contributed by atoms with Crippen LogP contribution in [0.2, 0.25) is 5.02 Å². The van der Waals surface area contributed by atoms with Gasteiger partial charge in [0.15, 0.2) is 6.10 Å². The lowest BCUT2D eigenvalue weighted by Crippen LogP contribution is -2.30. The Morgan fingerprint density at radius 3 is 2.65 bits per heavy atom. The average Bonchev–Trinajstić information content (AvgIpc) is 2.63. The van der Waals surface area contributed by atoms with Gasteiger partial charge in [-0.25, -0.2) is 0 Å². The highest BCUT2D eigenvalue weighted by Gasteiger charge is 2.19. The topological polar surface area (TPSA) is 64.6 Å². The van der Waals surface area contributed by atoms with E-state index in [2.05, 4.69) is 5.32 Å². The van der Waals surface area contributed by atoms with E-state index < -0.39 is 18.0 Å². The highest BCUT2D eigenvalue weighted by Crippen LogP contribution is 2.21. The van der Waals surface area contributed by atoms with Crippen molar-refractivity contribution in [2.24, 2.45) is 0 Å². The highest BCUT2D eigenvalue weighted by atomic mass is 35.5. The minimum absolute atomic E-state index is 0.161. The number of anilines is 1. The first-order chi connectivity index (χ1) is 12.4. The summed E-state index contributed by atoms with van der Waals surface area (Å²) in [5, 5.41) is 3.25. The van der Waals surface area contributed by atoms with Crippen LogP contribution in [0.15, 0.2) is 42.5 Å². The van der Waals surface area contributed by atoms with Crippen LogP contribution in [0.3, 0.4) is 0 Å². The molecular formula is C20H22ClNO4. The molecular weight excluding hydrogens is 354 g/mol. The van der Waals surface area contributed by atoms with Crippen molar-refractivity contribution in [1.29, 1.82) is 0 Å². The molecule has 0 unspecified atom stereocenters. The number of rotatable bonds is 7. The Labute approximate surface area is 158 Å². The maximum Gasteiger partial charge on any atom is 0.306 e. The number of hydrogen-bond donors (Lipinski definition) is 1. The molecule has 0 bridgehead atoms. The molecule has 138 valence electrons. The number of benzene rings is 2. The minimum Gasteiger partial charge on any atom is -0.496 e. The molecule has 0 saturated heterocycles. The van der Waals surface area contributed by atoms with Crippen LogP contribution < -0.4 is 10.1 Å². The first kappa shape index (κ1) is 19.8. The van der Waals surface area contributed by atoms with Crippen LogP contribution >= 0.6 is 11.6 Å². The monoisotopic (exact) mass is 375 g/mol. The van der Waals surface area contributed by atoms with Gasteiger partial charge in [0.25, 0.3) is 5.91 Å². The Kier molecular flexibility index (Phi) is 7.04. The number of carbonyl (C=O) groups excluding carboxylic acids is 2. The van der Waals surface area contributed by atoms with Crippen molar-refractivity contribution in [2.75, 3.05) is 12.4 Å². The molecule has 0 aromatic heterocycles. The summed E-state index contributed by atoms with van der Waals surface area (Å²) in [5.74, 6) is -0.120. The standard InChI is InChI=1S/C20H22ClNO4/c1-13-8-10-16(21)12-17(13)22-20(24)14(2)26-19(23)11-9-15-6-4-5-7-18(15)25-3/h4-8,10,12,14H,9,11H2,1-3H3,(H,22,24)/t14-/m0/s1. The van der Waals surface area contributed by atoms with E-state index in [9.17, 15) is 9.59 Å². The van der Waals surface area contributed by atoms with Crippen molar-refractivity contribution in [1.82, 2.24) is 0 Å². The van der Waals surface area contributed by atoms with Crippen molar-refractivity contribution in [3.8, 4) is 5.75 Å². The molecule has 0 fully saturated rings. The number of hydrogen-bond acceptors (Lipinski definition) is 4. The van der Waals surface area contributed by atoms with Gasteiger partial charge in [0, 0.05) is 17.1 Å². The van der Waals surface area contributed by atoms with Gasteiger partial charge in [0.1, 0.15) is 5.75 Å². The van der Waals surface area contributed by atoms with E-state index in [-0.39, 0.29) is 6.42 Å². The number of halogens is 1. The Balaban J connectivity index is 1.88. The van der Waals surface area contributed by atoms with E-state index in [1.165, 1.54) is 6.92 Å². The summed E-state index contributed by atoms with van der Waals surface area (Å²) in [6, 6.07) is 12.7. The second kappa shape index (κ2) is 9.25. The lowest BCUT2D eigenvalue weighted by Gasteiger charge is -2.15. The van der Waals surface area contributed by atoms with Crippen LogP contribution in [0.1, 0.15) is 24.5 Å². The molecule has 1 N–H and O–H groups in total. The fourth-order valence-electron chi connectivity index (χ4n) is 2.42. The third-order valence-electron chi connectivity index (χ3n) is 3.93. The number of carbonyl (C=O) groups is 2. The third-order valence-corrected chi connectivity index (χ3v) is 4.16. The fraction of sp³-hybridized carbons (Fsp3) is 0.300. The summed E-state index contributed by atoms with van der Waals surface area (Å²) in [4.78, 5) is 24.3. The van der Waals surface area contributed by atoms with Gasteiger partial charge in [0.2, 0.25) is 0 Å². The second-order valence-corrected chi connectivity index (χ2v) is 6.33. The van der Waals surface area contributed by atoms with Gasteiger partial charge in [-0.2, -0.15) is 0 Å². The molecule has 1 atom stereocenters. The van der Waals surface area contributed by atoms with E-state index in [1.807, 2.05) is 37.3 Å². The first-order valence-corrected chi connectivity index (χ1v) is 8.67. The average molecular weight is 376 g/mol. The molecule has 0 aliphatic carbocycles. The molecule has 2 aromatic carbocycles. The number of para-hydroxylation sites is 1. The van der Waals surface area contributed by atoms with Crippen molar-refractivity contribution in [3.63, 3.8) is 0 Å². The van der Waals surface area contributed by atoms with Crippen LogP contribution in [-0.4, -0.2) is 25.1 Å². The molecule has 2 rings (SSSR count). The Hall–Kier alpha value is -2.53. The summed E-state index contributed by atoms with van der Waals surface area (Å²) in [6.07, 6.45) is -0.266. The number of methoxy groups -OCH3 is 1. The molecule has 5 nitrogen and oxygen atoms in total. The van der Waals surface area contributed by atoms with Gasteiger partial charge >= 0.3 is 5.97 Å². The zero-order valence-corrected chi connectivity index (χ0v) is 15.8. The van der Waals surface area contributed by atoms with Crippen LogP contribution in [0.4, 0.5) is 5.69 Å². The van der Waals surface area contributed by atoms with Crippen molar-refractivity contribution < 1.29 is 19.1 Å². The van der Waals surface area contributed by atoms with Crippen molar-refractivity contribution >= 4 is 29.2 Å². The lowest BCUT2D eigenvalue weighted by molar-refractivity contribution is -0.153. The van der Waals surface area contributed by atoms with Gasteiger partial charge in [-0.1, -0.05) is 35.9 Å². The quantitative estimate of drug-likeness (QED) is 0.738. The van der Waals surface area contributed by atoms with Crippen LogP contribution in [0, 0.1) is 6.92 Å². The molecule has 6 heteroatoms. The van der Waals surface area contributed by atoms with E-state index in [4.69, 9.17) is 21.1 Å². The van der Waals surface area contributed by atoms with E-state index in [1.54, 1.807) is 19.2 Å². The predicted molar refractivity (Wildman–Crippen MR) is 102 cm³/mol. The molecule has 0 heterocycles. The van der Waals surface area contributed by atoms with Gasteiger partial charge in [-0.05, 0) is 49.6 Å².